The molecule has 0 radical (unpaired) electrons. The Morgan fingerprint density at radius 3 is 2.47 bits per heavy atom. The van der Waals surface area contributed by atoms with Gasteiger partial charge in [0.1, 0.15) is 5.69 Å². The van der Waals surface area contributed by atoms with E-state index in [2.05, 4.69) is 0 Å². The van der Waals surface area contributed by atoms with Crippen LogP contribution in [0.1, 0.15) is 30.1 Å². The van der Waals surface area contributed by atoms with Gasteiger partial charge in [-0.15, -0.1) is 0 Å². The van der Waals surface area contributed by atoms with Gasteiger partial charge in [-0.1, -0.05) is 0 Å². The van der Waals surface area contributed by atoms with Crippen LogP contribution >= 0.6 is 0 Å². The zero-order chi connectivity index (χ0) is 14.2. The molecule has 7 nitrogen and oxygen atoms in total. The molecular weight excluding hydrogens is 252 g/mol. The molecule has 100 valence electrons. The highest BCUT2D eigenvalue weighted by atomic mass is 16.6. The number of nitrogens with zero attached hydrogens (tertiary/aromatic N) is 2. The third kappa shape index (κ3) is 2.54. The van der Waals surface area contributed by atoms with Crippen molar-refractivity contribution in [2.45, 2.75) is 25.8 Å². The van der Waals surface area contributed by atoms with E-state index in [0.29, 0.717) is 0 Å². The monoisotopic (exact) mass is 264 g/mol. The number of hydrogen-bond acceptors (Lipinski definition) is 4. The van der Waals surface area contributed by atoms with Crippen LogP contribution in [-0.4, -0.2) is 27.9 Å². The Bertz CT molecular complexity index is 565. The number of hydrogen-bond donors (Lipinski definition) is 1. The smallest absolute Gasteiger partial charge is 0.335 e. The second-order valence-corrected chi connectivity index (χ2v) is 4.39. The molecule has 0 saturated heterocycles. The molecule has 1 aromatic rings. The molecule has 0 unspecified atom stereocenters. The number of carboxylic acids is 1. The fourth-order valence-corrected chi connectivity index (χ4v) is 1.96. The molecule has 1 saturated carbocycles. The molecular formula is C12H12N2O5. The predicted molar refractivity (Wildman–Crippen MR) is 66.2 cm³/mol. The minimum atomic E-state index is -1.24. The molecule has 1 amide bonds. The van der Waals surface area contributed by atoms with Crippen molar-refractivity contribution in [3.05, 3.63) is 33.9 Å². The first kappa shape index (κ1) is 13.0. The Hall–Kier alpha value is -2.44. The first-order valence-corrected chi connectivity index (χ1v) is 5.73. The van der Waals surface area contributed by atoms with Crippen LogP contribution in [0.4, 0.5) is 11.4 Å². The SMILES string of the molecule is CC(=O)N(c1ccc(C(=O)O)cc1[N+](=O)[O-])C1CC1. The Morgan fingerprint density at radius 2 is 2.05 bits per heavy atom. The predicted octanol–water partition coefficient (Wildman–Crippen LogP) is 1.81. The highest BCUT2D eigenvalue weighted by Crippen LogP contribution is 2.37. The lowest BCUT2D eigenvalue weighted by Gasteiger charge is -2.20. The van der Waals surface area contributed by atoms with Gasteiger partial charge in [0.15, 0.2) is 0 Å². The number of carboxylic acid groups (broad SMARTS) is 1. The van der Waals surface area contributed by atoms with E-state index < -0.39 is 10.9 Å². The van der Waals surface area contributed by atoms with Gasteiger partial charge in [-0.05, 0) is 25.0 Å². The van der Waals surface area contributed by atoms with E-state index in [-0.39, 0.29) is 28.9 Å². The molecule has 0 spiro atoms. The molecule has 0 aromatic heterocycles. The summed E-state index contributed by atoms with van der Waals surface area (Å²) in [4.78, 5) is 34.2. The number of nitro groups is 1. The van der Waals surface area contributed by atoms with E-state index in [1.165, 1.54) is 24.0 Å². The molecule has 1 N–H and O–H groups in total. The Kier molecular flexibility index (Phi) is 3.20. The third-order valence-electron chi connectivity index (χ3n) is 2.93. The highest BCUT2D eigenvalue weighted by Gasteiger charge is 2.35. The van der Waals surface area contributed by atoms with Gasteiger partial charge in [0.2, 0.25) is 5.91 Å². The minimum Gasteiger partial charge on any atom is -0.478 e. The Balaban J connectivity index is 2.52. The van der Waals surface area contributed by atoms with Crippen LogP contribution in [-0.2, 0) is 4.79 Å². The largest absolute Gasteiger partial charge is 0.478 e. The molecule has 0 bridgehead atoms. The van der Waals surface area contributed by atoms with Crippen LogP contribution in [0.15, 0.2) is 18.2 Å². The lowest BCUT2D eigenvalue weighted by molar-refractivity contribution is -0.384. The number of benzene rings is 1. The Morgan fingerprint density at radius 1 is 1.42 bits per heavy atom. The summed E-state index contributed by atoms with van der Waals surface area (Å²) in [6.45, 7) is 1.34. The van der Waals surface area contributed by atoms with Crippen LogP contribution in [0.25, 0.3) is 0 Å². The van der Waals surface area contributed by atoms with Gasteiger partial charge in [-0.3, -0.25) is 14.9 Å². The van der Waals surface area contributed by atoms with Crippen LogP contribution < -0.4 is 4.90 Å². The fourth-order valence-electron chi connectivity index (χ4n) is 1.96. The summed E-state index contributed by atoms with van der Waals surface area (Å²) in [5.74, 6) is -1.52. The van der Waals surface area contributed by atoms with E-state index in [4.69, 9.17) is 5.11 Å². The van der Waals surface area contributed by atoms with Gasteiger partial charge in [0.05, 0.1) is 10.5 Å². The standard InChI is InChI=1S/C12H12N2O5/c1-7(15)13(9-3-4-9)10-5-2-8(12(16)17)6-11(10)14(18)19/h2,5-6,9H,3-4H2,1H3,(H,16,17). The zero-order valence-corrected chi connectivity index (χ0v) is 10.2. The molecule has 1 aliphatic carbocycles. The minimum absolute atomic E-state index is 0.0214. The van der Waals surface area contributed by atoms with Crippen LogP contribution in [0.3, 0.4) is 0 Å². The first-order chi connectivity index (χ1) is 8.91. The lowest BCUT2D eigenvalue weighted by atomic mass is 10.1. The van der Waals surface area contributed by atoms with Crippen molar-refractivity contribution in [3.8, 4) is 0 Å². The molecule has 1 aromatic carbocycles. The molecule has 0 aliphatic heterocycles. The second-order valence-electron chi connectivity index (χ2n) is 4.39. The molecule has 19 heavy (non-hydrogen) atoms. The first-order valence-electron chi connectivity index (χ1n) is 5.73. The van der Waals surface area contributed by atoms with Gasteiger partial charge in [-0.2, -0.15) is 0 Å². The normalized spacial score (nSPS) is 13.9. The number of anilines is 1. The van der Waals surface area contributed by atoms with E-state index in [1.54, 1.807) is 0 Å². The number of nitro benzene ring substituents is 1. The maximum atomic E-state index is 11.6. The van der Waals surface area contributed by atoms with Crippen molar-refractivity contribution in [2.24, 2.45) is 0 Å². The number of rotatable bonds is 4. The van der Waals surface area contributed by atoms with Crippen molar-refractivity contribution in [1.82, 2.24) is 0 Å². The molecule has 1 fully saturated rings. The van der Waals surface area contributed by atoms with E-state index in [9.17, 15) is 19.7 Å². The average Bonchev–Trinajstić information content (AvgIpc) is 3.13. The summed E-state index contributed by atoms with van der Waals surface area (Å²) in [6, 6.07) is 3.55. The second kappa shape index (κ2) is 4.68. The maximum absolute atomic E-state index is 11.6. The lowest BCUT2D eigenvalue weighted by Crippen LogP contribution is -2.31. The molecule has 1 aliphatic rings. The van der Waals surface area contributed by atoms with E-state index in [0.717, 1.165) is 18.9 Å². The molecule has 2 rings (SSSR count). The van der Waals surface area contributed by atoms with Crippen molar-refractivity contribution in [3.63, 3.8) is 0 Å². The maximum Gasteiger partial charge on any atom is 0.335 e. The van der Waals surface area contributed by atoms with Crippen molar-refractivity contribution < 1.29 is 19.6 Å². The van der Waals surface area contributed by atoms with Gasteiger partial charge in [0, 0.05) is 19.0 Å². The highest BCUT2D eigenvalue weighted by molar-refractivity contribution is 5.97. The molecule has 0 heterocycles. The number of carbonyl (C=O) groups excluding carboxylic acids is 1. The Labute approximate surface area is 108 Å². The van der Waals surface area contributed by atoms with Crippen molar-refractivity contribution in [2.75, 3.05) is 4.90 Å². The van der Waals surface area contributed by atoms with Crippen LogP contribution in [0.2, 0.25) is 0 Å². The van der Waals surface area contributed by atoms with Gasteiger partial charge < -0.3 is 10.0 Å². The zero-order valence-electron chi connectivity index (χ0n) is 10.2. The van der Waals surface area contributed by atoms with E-state index >= 15 is 0 Å². The average molecular weight is 264 g/mol. The van der Waals surface area contributed by atoms with Gasteiger partial charge >= 0.3 is 5.97 Å². The number of amides is 1. The van der Waals surface area contributed by atoms with E-state index in [1.807, 2.05) is 0 Å². The summed E-state index contributed by atoms with van der Waals surface area (Å²) in [7, 11) is 0. The van der Waals surface area contributed by atoms with Crippen molar-refractivity contribution in [1.29, 1.82) is 0 Å². The molecule has 0 atom stereocenters. The summed E-state index contributed by atoms with van der Waals surface area (Å²) < 4.78 is 0. The quantitative estimate of drug-likeness (QED) is 0.660. The summed E-state index contributed by atoms with van der Waals surface area (Å²) in [6.07, 6.45) is 1.61. The number of carbonyl (C=O) groups is 2. The summed E-state index contributed by atoms with van der Waals surface area (Å²) >= 11 is 0. The third-order valence-corrected chi connectivity index (χ3v) is 2.93. The van der Waals surface area contributed by atoms with Gasteiger partial charge in [-0.25, -0.2) is 4.79 Å². The van der Waals surface area contributed by atoms with Crippen LogP contribution in [0.5, 0.6) is 0 Å². The summed E-state index contributed by atoms with van der Waals surface area (Å²) in [5.41, 5.74) is -0.373. The van der Waals surface area contributed by atoms with Crippen LogP contribution in [0, 0.1) is 10.1 Å². The topological polar surface area (TPSA) is 101 Å². The van der Waals surface area contributed by atoms with Gasteiger partial charge in [0.25, 0.3) is 5.69 Å². The van der Waals surface area contributed by atoms with Crippen molar-refractivity contribution >= 4 is 23.3 Å². The fraction of sp³-hybridized carbons (Fsp3) is 0.333. The number of aromatic carboxylic acids is 1. The molecule has 7 heteroatoms. The summed E-state index contributed by atoms with van der Waals surface area (Å²) in [5, 5.41) is 19.9.